The molecule has 0 N–H and O–H groups in total. The standard InChI is InChI=1S/C21H22BNO4/c1-14-12-21(2,3)27-22(26-14)16-10-8-15(9-11-16)13-23-19(24)17-6-4-5-7-18(17)20(23)25/h4-11,14H,12-13H2,1-3H3/t14-/m1/s1. The quantitative estimate of drug-likeness (QED) is 0.622. The Labute approximate surface area is 159 Å². The Balaban J connectivity index is 1.49. The largest absolute Gasteiger partial charge is 0.494 e. The van der Waals surface area contributed by atoms with Crippen LogP contribution in [0.1, 0.15) is 53.5 Å². The first kappa shape index (κ1) is 18.0. The molecule has 0 bridgehead atoms. The van der Waals surface area contributed by atoms with Crippen LogP contribution in [0.15, 0.2) is 48.5 Å². The van der Waals surface area contributed by atoms with Gasteiger partial charge >= 0.3 is 7.12 Å². The summed E-state index contributed by atoms with van der Waals surface area (Å²) in [4.78, 5) is 26.3. The van der Waals surface area contributed by atoms with E-state index in [1.54, 1.807) is 24.3 Å². The Morgan fingerprint density at radius 1 is 1.04 bits per heavy atom. The maximum absolute atomic E-state index is 12.5. The van der Waals surface area contributed by atoms with E-state index in [9.17, 15) is 9.59 Å². The van der Waals surface area contributed by atoms with Gasteiger partial charge in [0.25, 0.3) is 11.8 Å². The van der Waals surface area contributed by atoms with E-state index < -0.39 is 7.12 Å². The first-order valence-corrected chi connectivity index (χ1v) is 9.21. The fraction of sp³-hybridized carbons (Fsp3) is 0.333. The summed E-state index contributed by atoms with van der Waals surface area (Å²) in [6.07, 6.45) is 0.971. The molecule has 0 aromatic heterocycles. The lowest BCUT2D eigenvalue weighted by Crippen LogP contribution is -2.51. The van der Waals surface area contributed by atoms with Crippen LogP contribution in [0.2, 0.25) is 0 Å². The number of amides is 2. The molecule has 0 spiro atoms. The van der Waals surface area contributed by atoms with Crippen LogP contribution >= 0.6 is 0 Å². The van der Waals surface area contributed by atoms with Gasteiger partial charge in [0.15, 0.2) is 0 Å². The van der Waals surface area contributed by atoms with Crippen molar-refractivity contribution in [1.29, 1.82) is 0 Å². The van der Waals surface area contributed by atoms with E-state index in [0.29, 0.717) is 11.1 Å². The number of carbonyl (C=O) groups is 2. The number of imide groups is 1. The van der Waals surface area contributed by atoms with Crippen molar-refractivity contribution in [3.63, 3.8) is 0 Å². The van der Waals surface area contributed by atoms with Crippen molar-refractivity contribution >= 4 is 24.4 Å². The minimum Gasteiger partial charge on any atom is -0.405 e. The van der Waals surface area contributed by atoms with Gasteiger partial charge in [-0.25, -0.2) is 0 Å². The van der Waals surface area contributed by atoms with Crippen LogP contribution < -0.4 is 5.46 Å². The first-order valence-electron chi connectivity index (χ1n) is 9.21. The summed E-state index contributed by atoms with van der Waals surface area (Å²) in [5.74, 6) is -0.483. The summed E-state index contributed by atoms with van der Waals surface area (Å²) in [6, 6.07) is 14.6. The molecule has 2 amide bonds. The van der Waals surface area contributed by atoms with E-state index in [-0.39, 0.29) is 30.1 Å². The van der Waals surface area contributed by atoms with E-state index >= 15 is 0 Å². The number of rotatable bonds is 3. The molecule has 138 valence electrons. The lowest BCUT2D eigenvalue weighted by Gasteiger charge is -2.38. The van der Waals surface area contributed by atoms with E-state index in [2.05, 4.69) is 13.8 Å². The Kier molecular flexibility index (Phi) is 4.40. The Hall–Kier alpha value is -2.44. The molecule has 1 saturated heterocycles. The highest BCUT2D eigenvalue weighted by molar-refractivity contribution is 6.61. The van der Waals surface area contributed by atoms with Crippen LogP contribution in [0.5, 0.6) is 0 Å². The zero-order valence-corrected chi connectivity index (χ0v) is 15.8. The van der Waals surface area contributed by atoms with E-state index in [1.807, 2.05) is 31.2 Å². The van der Waals surface area contributed by atoms with Crippen LogP contribution in [0.25, 0.3) is 0 Å². The van der Waals surface area contributed by atoms with Gasteiger partial charge in [0.1, 0.15) is 0 Å². The molecule has 1 atom stereocenters. The van der Waals surface area contributed by atoms with Crippen LogP contribution in [0, 0.1) is 0 Å². The second kappa shape index (κ2) is 6.62. The maximum atomic E-state index is 12.5. The molecule has 0 radical (unpaired) electrons. The van der Waals surface area contributed by atoms with Gasteiger partial charge in [-0.15, -0.1) is 0 Å². The second-order valence-corrected chi connectivity index (χ2v) is 7.84. The number of benzene rings is 2. The summed E-state index contributed by atoms with van der Waals surface area (Å²) in [6.45, 7) is 6.43. The topological polar surface area (TPSA) is 55.8 Å². The van der Waals surface area contributed by atoms with Crippen molar-refractivity contribution in [2.24, 2.45) is 0 Å². The number of nitrogens with zero attached hydrogens (tertiary/aromatic N) is 1. The molecule has 6 heteroatoms. The molecule has 0 saturated carbocycles. The maximum Gasteiger partial charge on any atom is 0.494 e. The third-order valence-electron chi connectivity index (χ3n) is 5.03. The van der Waals surface area contributed by atoms with E-state index in [4.69, 9.17) is 9.31 Å². The van der Waals surface area contributed by atoms with Gasteiger partial charge in [0, 0.05) is 6.10 Å². The minimum absolute atomic E-state index is 0.122. The summed E-state index contributed by atoms with van der Waals surface area (Å²) < 4.78 is 12.0. The summed E-state index contributed by atoms with van der Waals surface area (Å²) in [7, 11) is -0.405. The lowest BCUT2D eigenvalue weighted by molar-refractivity contribution is -0.0229. The van der Waals surface area contributed by atoms with Gasteiger partial charge in [0.05, 0.1) is 23.3 Å². The molecular weight excluding hydrogens is 341 g/mol. The molecule has 2 aromatic rings. The van der Waals surface area contributed by atoms with E-state index in [0.717, 1.165) is 17.4 Å². The van der Waals surface area contributed by atoms with Crippen LogP contribution in [0.4, 0.5) is 0 Å². The van der Waals surface area contributed by atoms with Crippen molar-refractivity contribution in [3.05, 3.63) is 65.2 Å². The molecule has 4 rings (SSSR count). The average Bonchev–Trinajstić information content (AvgIpc) is 2.86. The van der Waals surface area contributed by atoms with Crippen molar-refractivity contribution in [2.45, 2.75) is 45.4 Å². The van der Waals surface area contributed by atoms with Gasteiger partial charge in [-0.05, 0) is 50.4 Å². The van der Waals surface area contributed by atoms with Crippen molar-refractivity contribution in [2.75, 3.05) is 0 Å². The van der Waals surface area contributed by atoms with Crippen molar-refractivity contribution in [3.8, 4) is 0 Å². The Bertz CT molecular complexity index is 858. The molecule has 2 aromatic carbocycles. The zero-order valence-electron chi connectivity index (χ0n) is 15.8. The fourth-order valence-electron chi connectivity index (χ4n) is 3.81. The predicted octanol–water partition coefficient (Wildman–Crippen LogP) is 2.78. The van der Waals surface area contributed by atoms with Crippen molar-refractivity contribution in [1.82, 2.24) is 4.90 Å². The van der Waals surface area contributed by atoms with Crippen LogP contribution in [-0.2, 0) is 15.9 Å². The Morgan fingerprint density at radius 3 is 2.19 bits per heavy atom. The highest BCUT2D eigenvalue weighted by Crippen LogP contribution is 2.26. The van der Waals surface area contributed by atoms with Crippen LogP contribution in [0.3, 0.4) is 0 Å². The molecular formula is C21H22BNO4. The fourth-order valence-corrected chi connectivity index (χ4v) is 3.81. The highest BCUT2D eigenvalue weighted by Gasteiger charge is 2.38. The SMILES string of the molecule is C[C@@H]1CC(C)(C)OB(c2ccc(CN3C(=O)c4ccccc4C3=O)cc2)O1. The summed E-state index contributed by atoms with van der Waals surface area (Å²) >= 11 is 0. The third kappa shape index (κ3) is 3.43. The molecule has 0 unspecified atom stereocenters. The normalized spacial score (nSPS) is 21.5. The number of hydrogen-bond acceptors (Lipinski definition) is 4. The minimum atomic E-state index is -0.405. The van der Waals surface area contributed by atoms with Gasteiger partial charge in [-0.2, -0.15) is 0 Å². The van der Waals surface area contributed by atoms with Gasteiger partial charge in [-0.1, -0.05) is 36.4 Å². The molecule has 5 nitrogen and oxygen atoms in total. The number of fused-ring (bicyclic) bond motifs is 1. The number of carbonyl (C=O) groups excluding carboxylic acids is 2. The number of hydrogen-bond donors (Lipinski definition) is 0. The predicted molar refractivity (Wildman–Crippen MR) is 103 cm³/mol. The lowest BCUT2D eigenvalue weighted by atomic mass is 9.75. The monoisotopic (exact) mass is 363 g/mol. The molecule has 1 fully saturated rings. The average molecular weight is 363 g/mol. The van der Waals surface area contributed by atoms with Gasteiger partial charge in [-0.3, -0.25) is 14.5 Å². The molecule has 2 heterocycles. The summed E-state index contributed by atoms with van der Waals surface area (Å²) in [5.41, 5.74) is 2.53. The smallest absolute Gasteiger partial charge is 0.405 e. The van der Waals surface area contributed by atoms with Gasteiger partial charge in [0.2, 0.25) is 0 Å². The second-order valence-electron chi connectivity index (χ2n) is 7.84. The highest BCUT2D eigenvalue weighted by atomic mass is 16.6. The third-order valence-corrected chi connectivity index (χ3v) is 5.03. The molecule has 27 heavy (non-hydrogen) atoms. The Morgan fingerprint density at radius 2 is 1.63 bits per heavy atom. The summed E-state index contributed by atoms with van der Waals surface area (Å²) in [5, 5.41) is 0. The first-order chi connectivity index (χ1) is 12.8. The zero-order chi connectivity index (χ0) is 19.2. The van der Waals surface area contributed by atoms with Crippen molar-refractivity contribution < 1.29 is 18.9 Å². The molecule has 2 aliphatic heterocycles. The van der Waals surface area contributed by atoms with E-state index in [1.165, 1.54) is 4.90 Å². The van der Waals surface area contributed by atoms with Crippen LogP contribution in [-0.4, -0.2) is 35.5 Å². The molecule has 0 aliphatic carbocycles. The van der Waals surface area contributed by atoms with Gasteiger partial charge < -0.3 is 9.31 Å². The molecule has 2 aliphatic rings.